The Balaban J connectivity index is 1.83. The molecule has 1 saturated carbocycles. The van der Waals surface area contributed by atoms with Crippen molar-refractivity contribution < 1.29 is 18.0 Å². The van der Waals surface area contributed by atoms with Gasteiger partial charge < -0.3 is 11.1 Å². The van der Waals surface area contributed by atoms with Gasteiger partial charge in [-0.25, -0.2) is 17.9 Å². The first kappa shape index (κ1) is 20.9. The molecule has 0 saturated heterocycles. The molecule has 8 heteroatoms. The van der Waals surface area contributed by atoms with Crippen LogP contribution in [0, 0.1) is 0 Å². The fourth-order valence-electron chi connectivity index (χ4n) is 3.68. The minimum Gasteiger partial charge on any atom is -0.366 e. The molecule has 0 aliphatic heterocycles. The molecule has 0 spiro atoms. The Hall–Kier alpha value is -2.87. The fraction of sp³-hybridized carbons (Fsp3) is 0.333. The summed E-state index contributed by atoms with van der Waals surface area (Å²) in [5.41, 5.74) is 8.92. The molecule has 4 N–H and O–H groups in total. The highest BCUT2D eigenvalue weighted by molar-refractivity contribution is 7.90. The summed E-state index contributed by atoms with van der Waals surface area (Å²) in [5, 5.41) is 2.72. The molecule has 1 aromatic rings. The molecule has 7 nitrogen and oxygen atoms in total. The van der Waals surface area contributed by atoms with Crippen molar-refractivity contribution in [2.24, 2.45) is 5.73 Å². The van der Waals surface area contributed by atoms with Crippen molar-refractivity contribution in [2.45, 2.75) is 49.8 Å². The number of hydrogen-bond acceptors (Lipinski definition) is 4. The highest BCUT2D eigenvalue weighted by Gasteiger charge is 2.24. The summed E-state index contributed by atoms with van der Waals surface area (Å²) in [6, 6.07) is 4.37. The third kappa shape index (κ3) is 4.95. The van der Waals surface area contributed by atoms with Gasteiger partial charge in [-0.2, -0.15) is 0 Å². The SMILES string of the molecule is C=C1CCCC/C=C2/CCC/C2=C/1NC(=O)NS(=O)(=O)c1cccc(C(N)=O)c1. The molecule has 3 rings (SSSR count). The highest BCUT2D eigenvalue weighted by Crippen LogP contribution is 2.36. The maximum absolute atomic E-state index is 12.6. The Morgan fingerprint density at radius 3 is 2.62 bits per heavy atom. The van der Waals surface area contributed by atoms with Crippen molar-refractivity contribution in [1.82, 2.24) is 10.0 Å². The minimum atomic E-state index is -4.17. The summed E-state index contributed by atoms with van der Waals surface area (Å²) >= 11 is 0. The first-order chi connectivity index (χ1) is 13.8. The maximum atomic E-state index is 12.6. The molecule has 2 aliphatic rings. The van der Waals surface area contributed by atoms with Crippen LogP contribution in [0.3, 0.4) is 0 Å². The monoisotopic (exact) mass is 415 g/mol. The number of allylic oxidation sites excluding steroid dienone is 4. The molecule has 0 unspecified atom stereocenters. The summed E-state index contributed by atoms with van der Waals surface area (Å²) in [5.74, 6) is -0.749. The lowest BCUT2D eigenvalue weighted by Crippen LogP contribution is -2.39. The summed E-state index contributed by atoms with van der Waals surface area (Å²) in [7, 11) is -4.17. The van der Waals surface area contributed by atoms with Gasteiger partial charge in [-0.1, -0.05) is 18.7 Å². The highest BCUT2D eigenvalue weighted by atomic mass is 32.2. The molecule has 1 fully saturated rings. The number of benzene rings is 1. The summed E-state index contributed by atoms with van der Waals surface area (Å²) < 4.78 is 27.2. The molecule has 154 valence electrons. The van der Waals surface area contributed by atoms with E-state index in [0.717, 1.165) is 62.2 Å². The standard InChI is InChI=1S/C21H25N3O4S/c1-14-7-3-2-4-8-15-9-6-12-18(15)19(14)23-21(26)24-29(27,28)17-11-5-10-16(13-17)20(22)25/h5,8,10-11,13H,1-4,6-7,9,12H2,(H2,22,25)(H2,23,24,26)/b15-8-,19-18+. The number of rotatable bonds is 4. The van der Waals surface area contributed by atoms with Crippen LogP contribution in [0.25, 0.3) is 0 Å². The van der Waals surface area contributed by atoms with Gasteiger partial charge in [0, 0.05) is 11.3 Å². The van der Waals surface area contributed by atoms with Crippen LogP contribution in [0.4, 0.5) is 4.79 Å². The van der Waals surface area contributed by atoms with Gasteiger partial charge in [0.2, 0.25) is 5.91 Å². The molecule has 0 aromatic heterocycles. The minimum absolute atomic E-state index is 0.0450. The lowest BCUT2D eigenvalue weighted by molar-refractivity contribution is 0.1000. The van der Waals surface area contributed by atoms with Gasteiger partial charge >= 0.3 is 6.03 Å². The van der Waals surface area contributed by atoms with Crippen LogP contribution in [-0.2, 0) is 10.0 Å². The first-order valence-electron chi connectivity index (χ1n) is 9.62. The Morgan fingerprint density at radius 1 is 1.07 bits per heavy atom. The van der Waals surface area contributed by atoms with Gasteiger partial charge in [-0.15, -0.1) is 0 Å². The van der Waals surface area contributed by atoms with Crippen molar-refractivity contribution in [2.75, 3.05) is 0 Å². The third-order valence-electron chi connectivity index (χ3n) is 5.13. The Bertz CT molecular complexity index is 1020. The number of sulfonamides is 1. The second-order valence-corrected chi connectivity index (χ2v) is 8.92. The quantitative estimate of drug-likeness (QED) is 0.699. The number of carbonyl (C=O) groups is 2. The van der Waals surface area contributed by atoms with Gasteiger partial charge in [-0.05, 0) is 79.9 Å². The predicted octanol–water partition coefficient (Wildman–Crippen LogP) is 3.27. The third-order valence-corrected chi connectivity index (χ3v) is 6.46. The number of carbonyl (C=O) groups excluding carboxylic acids is 2. The van der Waals surface area contributed by atoms with Gasteiger partial charge in [-0.3, -0.25) is 4.79 Å². The van der Waals surface area contributed by atoms with Crippen molar-refractivity contribution in [3.8, 4) is 0 Å². The zero-order valence-corrected chi connectivity index (χ0v) is 17.0. The summed E-state index contributed by atoms with van der Waals surface area (Å²) in [6.07, 6.45) is 8.75. The molecular weight excluding hydrogens is 390 g/mol. The van der Waals surface area contributed by atoms with E-state index < -0.39 is 22.0 Å². The lowest BCUT2D eigenvalue weighted by Gasteiger charge is -2.17. The zero-order chi connectivity index (χ0) is 21.0. The van der Waals surface area contributed by atoms with Crippen molar-refractivity contribution in [3.05, 3.63) is 64.9 Å². The van der Waals surface area contributed by atoms with Gasteiger partial charge in [0.25, 0.3) is 10.0 Å². The number of urea groups is 1. The number of hydrogen-bond donors (Lipinski definition) is 3. The number of nitrogens with two attached hydrogens (primary N) is 1. The number of fused-ring (bicyclic) bond motifs is 1. The van der Waals surface area contributed by atoms with E-state index in [-0.39, 0.29) is 10.5 Å². The predicted molar refractivity (Wildman–Crippen MR) is 110 cm³/mol. The van der Waals surface area contributed by atoms with E-state index in [4.69, 9.17) is 5.73 Å². The van der Waals surface area contributed by atoms with Crippen LogP contribution in [0.1, 0.15) is 55.3 Å². The van der Waals surface area contributed by atoms with Gasteiger partial charge in [0.1, 0.15) is 0 Å². The summed E-state index contributed by atoms with van der Waals surface area (Å²) in [4.78, 5) is 23.6. The van der Waals surface area contributed by atoms with Crippen molar-refractivity contribution in [1.29, 1.82) is 0 Å². The molecule has 1 aromatic carbocycles. The maximum Gasteiger partial charge on any atom is 0.333 e. The Kier molecular flexibility index (Phi) is 6.22. The van der Waals surface area contributed by atoms with Gasteiger partial charge in [0.15, 0.2) is 0 Å². The van der Waals surface area contributed by atoms with E-state index in [1.165, 1.54) is 23.8 Å². The molecule has 2 aliphatic carbocycles. The molecular formula is C21H25N3O4S. The van der Waals surface area contributed by atoms with E-state index in [0.29, 0.717) is 5.70 Å². The normalized spacial score (nSPS) is 21.8. The number of primary amides is 1. The van der Waals surface area contributed by atoms with E-state index in [1.54, 1.807) is 0 Å². The Labute approximate surface area is 170 Å². The van der Waals surface area contributed by atoms with E-state index >= 15 is 0 Å². The average molecular weight is 416 g/mol. The van der Waals surface area contributed by atoms with Crippen molar-refractivity contribution >= 4 is 22.0 Å². The first-order valence-corrected chi connectivity index (χ1v) is 11.1. The van der Waals surface area contributed by atoms with Crippen LogP contribution in [-0.4, -0.2) is 20.4 Å². The molecule has 29 heavy (non-hydrogen) atoms. The lowest BCUT2D eigenvalue weighted by atomic mass is 10.0. The van der Waals surface area contributed by atoms with Gasteiger partial charge in [0.05, 0.1) is 4.90 Å². The van der Waals surface area contributed by atoms with Crippen LogP contribution in [0.5, 0.6) is 0 Å². The smallest absolute Gasteiger partial charge is 0.333 e. The topological polar surface area (TPSA) is 118 Å². The molecule has 0 bridgehead atoms. The fourth-order valence-corrected chi connectivity index (χ4v) is 4.63. The Morgan fingerprint density at radius 2 is 1.86 bits per heavy atom. The number of nitrogens with one attached hydrogen (secondary N) is 2. The van der Waals surface area contributed by atoms with E-state index in [9.17, 15) is 18.0 Å². The molecule has 0 radical (unpaired) electrons. The average Bonchev–Trinajstić information content (AvgIpc) is 3.14. The molecule has 0 heterocycles. The van der Waals surface area contributed by atoms with Crippen LogP contribution in [0.2, 0.25) is 0 Å². The number of amides is 3. The van der Waals surface area contributed by atoms with Crippen LogP contribution >= 0.6 is 0 Å². The second-order valence-electron chi connectivity index (χ2n) is 7.24. The van der Waals surface area contributed by atoms with Crippen LogP contribution < -0.4 is 15.8 Å². The molecule has 0 atom stereocenters. The van der Waals surface area contributed by atoms with E-state index in [1.807, 2.05) is 4.72 Å². The van der Waals surface area contributed by atoms with Crippen LogP contribution in [0.15, 0.2) is 64.2 Å². The van der Waals surface area contributed by atoms with E-state index in [2.05, 4.69) is 18.0 Å². The molecule has 3 amide bonds. The largest absolute Gasteiger partial charge is 0.366 e. The summed E-state index contributed by atoms with van der Waals surface area (Å²) in [6.45, 7) is 4.11. The second kappa shape index (κ2) is 8.65. The van der Waals surface area contributed by atoms with Crippen molar-refractivity contribution in [3.63, 3.8) is 0 Å². The zero-order valence-electron chi connectivity index (χ0n) is 16.2.